The number of ketones is 1. The number of hydrogen-bond acceptors (Lipinski definition) is 1. The Balaban J connectivity index is 1.78. The van der Waals surface area contributed by atoms with Crippen LogP contribution in [0.2, 0.25) is 0 Å². The van der Waals surface area contributed by atoms with Gasteiger partial charge in [-0.2, -0.15) is 0 Å². The number of aryl methyl sites for hydroxylation is 4. The Morgan fingerprint density at radius 1 is 0.769 bits per heavy atom. The Morgan fingerprint density at radius 3 is 2.08 bits per heavy atom. The molecule has 1 heteroatoms. The molecule has 0 radical (unpaired) electrons. The van der Waals surface area contributed by atoms with Gasteiger partial charge in [-0.05, 0) is 48.9 Å². The highest BCUT2D eigenvalue weighted by Crippen LogP contribution is 2.19. The lowest BCUT2D eigenvalue weighted by atomic mass is 9.93. The van der Waals surface area contributed by atoms with Gasteiger partial charge in [0.05, 0.1) is 0 Å². The number of rotatable bonds is 7. The molecule has 0 amide bonds. The van der Waals surface area contributed by atoms with Crippen molar-refractivity contribution in [2.24, 2.45) is 0 Å². The van der Waals surface area contributed by atoms with Gasteiger partial charge < -0.3 is 0 Å². The largest absolute Gasteiger partial charge is 0.289 e. The van der Waals surface area contributed by atoms with Crippen LogP contribution in [0.15, 0.2) is 72.8 Å². The lowest BCUT2D eigenvalue weighted by Crippen LogP contribution is -2.07. The molecule has 0 fully saturated rings. The minimum absolute atomic E-state index is 0.114. The summed E-state index contributed by atoms with van der Waals surface area (Å²) in [5.41, 5.74) is 6.55. The van der Waals surface area contributed by atoms with Crippen LogP contribution in [0.4, 0.5) is 0 Å². The average Bonchev–Trinajstić information content (AvgIpc) is 2.68. The van der Waals surface area contributed by atoms with E-state index in [0.717, 1.165) is 41.5 Å². The normalized spacial score (nSPS) is 10.7. The molecule has 3 rings (SSSR count). The van der Waals surface area contributed by atoms with E-state index in [2.05, 4.69) is 43.3 Å². The van der Waals surface area contributed by atoms with E-state index in [-0.39, 0.29) is 5.78 Å². The van der Waals surface area contributed by atoms with Crippen LogP contribution in [0, 0.1) is 6.92 Å². The number of hydrogen-bond donors (Lipinski definition) is 0. The van der Waals surface area contributed by atoms with Crippen LogP contribution in [0.3, 0.4) is 0 Å². The molecular formula is C25H26O. The van der Waals surface area contributed by atoms with Crippen LogP contribution in [0.25, 0.3) is 0 Å². The van der Waals surface area contributed by atoms with Crippen LogP contribution in [0.1, 0.15) is 51.5 Å². The molecule has 0 spiro atoms. The molecular weight excluding hydrogens is 316 g/mol. The molecule has 0 aliphatic heterocycles. The quantitative estimate of drug-likeness (QED) is 0.484. The van der Waals surface area contributed by atoms with Gasteiger partial charge in [-0.1, -0.05) is 85.6 Å². The van der Waals surface area contributed by atoms with E-state index in [1.807, 2.05) is 43.3 Å². The summed E-state index contributed by atoms with van der Waals surface area (Å²) in [5.74, 6) is 0.114. The van der Waals surface area contributed by atoms with Gasteiger partial charge in [-0.3, -0.25) is 4.79 Å². The molecule has 0 saturated heterocycles. The summed E-state index contributed by atoms with van der Waals surface area (Å²) in [6.45, 7) is 4.24. The second-order valence-corrected chi connectivity index (χ2v) is 6.92. The van der Waals surface area contributed by atoms with Crippen LogP contribution in [-0.4, -0.2) is 5.78 Å². The van der Waals surface area contributed by atoms with Crippen LogP contribution < -0.4 is 0 Å². The predicted molar refractivity (Wildman–Crippen MR) is 109 cm³/mol. The van der Waals surface area contributed by atoms with E-state index < -0.39 is 0 Å². The molecule has 0 aliphatic rings. The maximum absolute atomic E-state index is 12.9. The standard InChI is InChI=1S/C25H26O/c1-3-7-20-11-13-21(14-12-20)15-17-22-16-10-19(2)18-24(22)25(26)23-8-5-4-6-9-23/h4-6,8-14,16,18H,3,7,15,17H2,1-2H3. The summed E-state index contributed by atoms with van der Waals surface area (Å²) in [5, 5.41) is 0. The van der Waals surface area contributed by atoms with Crippen molar-refractivity contribution in [2.45, 2.75) is 39.5 Å². The summed E-state index contributed by atoms with van der Waals surface area (Å²) in [4.78, 5) is 12.9. The zero-order chi connectivity index (χ0) is 18.4. The van der Waals surface area contributed by atoms with E-state index >= 15 is 0 Å². The molecule has 3 aromatic rings. The lowest BCUT2D eigenvalue weighted by Gasteiger charge is -2.11. The molecule has 0 unspecified atom stereocenters. The van der Waals surface area contributed by atoms with Crippen molar-refractivity contribution in [1.29, 1.82) is 0 Å². The van der Waals surface area contributed by atoms with Crippen molar-refractivity contribution >= 4 is 5.78 Å². The Kier molecular flexibility index (Phi) is 6.01. The zero-order valence-electron chi connectivity index (χ0n) is 15.7. The molecule has 0 bridgehead atoms. The van der Waals surface area contributed by atoms with Gasteiger partial charge in [0.2, 0.25) is 0 Å². The molecule has 0 atom stereocenters. The molecule has 0 N–H and O–H groups in total. The molecule has 0 heterocycles. The topological polar surface area (TPSA) is 17.1 Å². The second kappa shape index (κ2) is 8.62. The third-order valence-electron chi connectivity index (χ3n) is 4.79. The van der Waals surface area contributed by atoms with Crippen molar-refractivity contribution in [3.05, 3.63) is 106 Å². The van der Waals surface area contributed by atoms with Gasteiger partial charge in [0.25, 0.3) is 0 Å². The van der Waals surface area contributed by atoms with Crippen molar-refractivity contribution in [3.8, 4) is 0 Å². The molecule has 0 aliphatic carbocycles. The third kappa shape index (κ3) is 4.49. The van der Waals surface area contributed by atoms with Crippen LogP contribution >= 0.6 is 0 Å². The fraction of sp³-hybridized carbons (Fsp3) is 0.240. The smallest absolute Gasteiger partial charge is 0.193 e. The van der Waals surface area contributed by atoms with Gasteiger partial charge in [-0.15, -0.1) is 0 Å². The highest BCUT2D eigenvalue weighted by Gasteiger charge is 2.13. The minimum Gasteiger partial charge on any atom is -0.289 e. The fourth-order valence-electron chi connectivity index (χ4n) is 3.30. The minimum atomic E-state index is 0.114. The molecule has 1 nitrogen and oxygen atoms in total. The van der Waals surface area contributed by atoms with Gasteiger partial charge in [0.1, 0.15) is 0 Å². The molecule has 0 saturated carbocycles. The first-order chi connectivity index (χ1) is 12.7. The predicted octanol–water partition coefficient (Wildman–Crippen LogP) is 5.96. The van der Waals surface area contributed by atoms with Crippen molar-refractivity contribution in [3.63, 3.8) is 0 Å². The molecule has 132 valence electrons. The lowest BCUT2D eigenvalue weighted by molar-refractivity contribution is 0.103. The van der Waals surface area contributed by atoms with Crippen LogP contribution in [0.5, 0.6) is 0 Å². The van der Waals surface area contributed by atoms with Crippen LogP contribution in [-0.2, 0) is 19.3 Å². The van der Waals surface area contributed by atoms with E-state index in [1.165, 1.54) is 17.5 Å². The second-order valence-electron chi connectivity index (χ2n) is 6.92. The third-order valence-corrected chi connectivity index (χ3v) is 4.79. The highest BCUT2D eigenvalue weighted by molar-refractivity contribution is 6.10. The van der Waals surface area contributed by atoms with Crippen molar-refractivity contribution < 1.29 is 4.79 Å². The van der Waals surface area contributed by atoms with E-state index in [1.54, 1.807) is 0 Å². The monoisotopic (exact) mass is 342 g/mol. The maximum atomic E-state index is 12.9. The number of carbonyl (C=O) groups is 1. The van der Waals surface area contributed by atoms with E-state index in [9.17, 15) is 4.79 Å². The fourth-order valence-corrected chi connectivity index (χ4v) is 3.30. The van der Waals surface area contributed by atoms with Crippen molar-refractivity contribution in [2.75, 3.05) is 0 Å². The Labute approximate surface area is 156 Å². The number of carbonyl (C=O) groups excluding carboxylic acids is 1. The Bertz CT molecular complexity index is 860. The summed E-state index contributed by atoms with van der Waals surface area (Å²) in [6.07, 6.45) is 4.13. The summed E-state index contributed by atoms with van der Waals surface area (Å²) in [6, 6.07) is 24.7. The first-order valence-electron chi connectivity index (χ1n) is 9.44. The zero-order valence-corrected chi connectivity index (χ0v) is 15.7. The van der Waals surface area contributed by atoms with Gasteiger partial charge in [0, 0.05) is 11.1 Å². The molecule has 0 aromatic heterocycles. The summed E-state index contributed by atoms with van der Waals surface area (Å²) in [7, 11) is 0. The number of benzene rings is 3. The van der Waals surface area contributed by atoms with Gasteiger partial charge in [0.15, 0.2) is 5.78 Å². The molecule has 3 aromatic carbocycles. The summed E-state index contributed by atoms with van der Waals surface area (Å²) >= 11 is 0. The first-order valence-corrected chi connectivity index (χ1v) is 9.44. The Hall–Kier alpha value is -2.67. The van der Waals surface area contributed by atoms with E-state index in [4.69, 9.17) is 0 Å². The van der Waals surface area contributed by atoms with Gasteiger partial charge in [-0.25, -0.2) is 0 Å². The van der Waals surface area contributed by atoms with Crippen molar-refractivity contribution in [1.82, 2.24) is 0 Å². The highest BCUT2D eigenvalue weighted by atomic mass is 16.1. The summed E-state index contributed by atoms with van der Waals surface area (Å²) < 4.78 is 0. The Morgan fingerprint density at radius 2 is 1.42 bits per heavy atom. The maximum Gasteiger partial charge on any atom is 0.193 e. The SMILES string of the molecule is CCCc1ccc(CCc2ccc(C)cc2C(=O)c2ccccc2)cc1. The molecule has 26 heavy (non-hydrogen) atoms. The van der Waals surface area contributed by atoms with E-state index in [0.29, 0.717) is 0 Å². The van der Waals surface area contributed by atoms with Gasteiger partial charge >= 0.3 is 0 Å². The average molecular weight is 342 g/mol. The first kappa shape index (κ1) is 18.1.